The van der Waals surface area contributed by atoms with Crippen LogP contribution in [0.5, 0.6) is 0 Å². The molecule has 1 N–H and O–H groups in total. The van der Waals surface area contributed by atoms with Gasteiger partial charge in [0.2, 0.25) is 5.71 Å². The van der Waals surface area contributed by atoms with Gasteiger partial charge >= 0.3 is 5.97 Å². The molecule has 1 aromatic carbocycles. The minimum Gasteiger partial charge on any atom is -0.462 e. The van der Waals surface area contributed by atoms with Crippen LogP contribution in [0.1, 0.15) is 17.3 Å². The number of benzene rings is 1. The van der Waals surface area contributed by atoms with E-state index in [1.807, 2.05) is 41.1 Å². The van der Waals surface area contributed by atoms with Crippen LogP contribution in [0.3, 0.4) is 0 Å². The molecule has 132 valence electrons. The molecule has 0 fully saturated rings. The second kappa shape index (κ2) is 7.85. The third-order valence-electron chi connectivity index (χ3n) is 3.85. The Kier molecular flexibility index (Phi) is 5.15. The SMILES string of the molecule is CCOC(=O)c1c(-c2cccc(NN=C(C#N)C#N)c2)cn2ccccc12. The third kappa shape index (κ3) is 3.63. The van der Waals surface area contributed by atoms with Gasteiger partial charge in [0.15, 0.2) is 0 Å². The number of nitriles is 2. The summed E-state index contributed by atoms with van der Waals surface area (Å²) in [5, 5.41) is 21.3. The molecule has 0 atom stereocenters. The maximum Gasteiger partial charge on any atom is 0.340 e. The Morgan fingerprint density at radius 3 is 2.78 bits per heavy atom. The van der Waals surface area contributed by atoms with Crippen molar-refractivity contribution < 1.29 is 9.53 Å². The number of nitrogens with one attached hydrogen (secondary N) is 1. The van der Waals surface area contributed by atoms with Crippen molar-refractivity contribution in [2.24, 2.45) is 5.10 Å². The molecule has 7 heteroatoms. The number of pyridine rings is 1. The first kappa shape index (κ1) is 17.7. The highest BCUT2D eigenvalue weighted by molar-refractivity contribution is 6.10. The molecule has 0 aliphatic heterocycles. The fourth-order valence-electron chi connectivity index (χ4n) is 2.71. The summed E-state index contributed by atoms with van der Waals surface area (Å²) in [5.41, 5.74) is 5.71. The molecule has 3 aromatic rings. The first-order chi connectivity index (χ1) is 13.2. The van der Waals surface area contributed by atoms with E-state index in [-0.39, 0.29) is 12.3 Å². The van der Waals surface area contributed by atoms with E-state index in [4.69, 9.17) is 15.3 Å². The van der Waals surface area contributed by atoms with E-state index in [9.17, 15) is 4.79 Å². The van der Waals surface area contributed by atoms with Gasteiger partial charge in [-0.15, -0.1) is 0 Å². The molecule has 0 bridgehead atoms. The van der Waals surface area contributed by atoms with E-state index in [1.54, 1.807) is 37.3 Å². The highest BCUT2D eigenvalue weighted by Crippen LogP contribution is 2.31. The van der Waals surface area contributed by atoms with E-state index >= 15 is 0 Å². The third-order valence-corrected chi connectivity index (χ3v) is 3.85. The van der Waals surface area contributed by atoms with Crippen LogP contribution in [0.25, 0.3) is 16.6 Å². The van der Waals surface area contributed by atoms with Crippen LogP contribution in [-0.2, 0) is 4.74 Å². The number of carbonyl (C=O) groups excluding carboxylic acids is 1. The van der Waals surface area contributed by atoms with E-state index in [1.165, 1.54) is 0 Å². The first-order valence-corrected chi connectivity index (χ1v) is 8.19. The molecule has 0 aliphatic carbocycles. The lowest BCUT2D eigenvalue weighted by Crippen LogP contribution is -2.05. The Bertz CT molecular complexity index is 1100. The summed E-state index contributed by atoms with van der Waals surface area (Å²) in [6.07, 6.45) is 3.72. The van der Waals surface area contributed by atoms with E-state index in [0.29, 0.717) is 16.8 Å². The number of nitrogens with zero attached hydrogens (tertiary/aromatic N) is 4. The smallest absolute Gasteiger partial charge is 0.340 e. The lowest BCUT2D eigenvalue weighted by atomic mass is 10.0. The molecule has 3 rings (SSSR count). The van der Waals surface area contributed by atoms with Gasteiger partial charge in [0, 0.05) is 18.0 Å². The van der Waals surface area contributed by atoms with Crippen LogP contribution < -0.4 is 5.43 Å². The largest absolute Gasteiger partial charge is 0.462 e. The number of hydrogen-bond acceptors (Lipinski definition) is 6. The van der Waals surface area contributed by atoms with E-state index in [2.05, 4.69) is 10.5 Å². The van der Waals surface area contributed by atoms with Gasteiger partial charge in [0.05, 0.1) is 23.4 Å². The Labute approximate surface area is 155 Å². The van der Waals surface area contributed by atoms with Crippen molar-refractivity contribution in [1.82, 2.24) is 4.40 Å². The van der Waals surface area contributed by atoms with Gasteiger partial charge in [-0.05, 0) is 36.8 Å². The fraction of sp³-hybridized carbons (Fsp3) is 0.100. The zero-order valence-electron chi connectivity index (χ0n) is 14.5. The van der Waals surface area contributed by atoms with Crippen LogP contribution in [0.15, 0.2) is 60.0 Å². The molecule has 0 radical (unpaired) electrons. The number of esters is 1. The van der Waals surface area contributed by atoms with Gasteiger partial charge < -0.3 is 9.14 Å². The summed E-state index contributed by atoms with van der Waals surface area (Å²) in [5.74, 6) is -0.395. The highest BCUT2D eigenvalue weighted by atomic mass is 16.5. The van der Waals surface area contributed by atoms with Crippen LogP contribution in [0.4, 0.5) is 5.69 Å². The number of anilines is 1. The summed E-state index contributed by atoms with van der Waals surface area (Å²) < 4.78 is 7.10. The summed E-state index contributed by atoms with van der Waals surface area (Å²) >= 11 is 0. The normalized spacial score (nSPS) is 9.89. The Hall–Kier alpha value is -4.10. The summed E-state index contributed by atoms with van der Waals surface area (Å²) in [6.45, 7) is 2.05. The molecule has 0 saturated carbocycles. The monoisotopic (exact) mass is 357 g/mol. The Morgan fingerprint density at radius 1 is 1.22 bits per heavy atom. The number of fused-ring (bicyclic) bond motifs is 1. The minimum absolute atomic E-state index is 0.276. The molecule has 0 spiro atoms. The second-order valence-corrected chi connectivity index (χ2v) is 5.51. The van der Waals surface area contributed by atoms with Crippen molar-refractivity contribution in [3.05, 3.63) is 60.4 Å². The van der Waals surface area contributed by atoms with Crippen molar-refractivity contribution in [1.29, 1.82) is 10.5 Å². The molecule has 2 aromatic heterocycles. The predicted octanol–water partition coefficient (Wildman–Crippen LogP) is 3.60. The van der Waals surface area contributed by atoms with Crippen LogP contribution >= 0.6 is 0 Å². The van der Waals surface area contributed by atoms with Crippen molar-refractivity contribution in [3.8, 4) is 23.3 Å². The predicted molar refractivity (Wildman–Crippen MR) is 101 cm³/mol. The quantitative estimate of drug-likeness (QED) is 0.427. The number of ether oxygens (including phenoxy) is 1. The highest BCUT2D eigenvalue weighted by Gasteiger charge is 2.20. The second-order valence-electron chi connectivity index (χ2n) is 5.51. The molecular formula is C20H15N5O2. The molecule has 0 unspecified atom stereocenters. The summed E-state index contributed by atoms with van der Waals surface area (Å²) in [4.78, 5) is 12.5. The summed E-state index contributed by atoms with van der Waals surface area (Å²) in [6, 6.07) is 16.2. The number of aromatic nitrogens is 1. The zero-order valence-corrected chi connectivity index (χ0v) is 14.5. The van der Waals surface area contributed by atoms with E-state index in [0.717, 1.165) is 11.1 Å². The summed E-state index contributed by atoms with van der Waals surface area (Å²) in [7, 11) is 0. The minimum atomic E-state index is -0.395. The topological polar surface area (TPSA) is 103 Å². The molecule has 27 heavy (non-hydrogen) atoms. The average molecular weight is 357 g/mol. The van der Waals surface area contributed by atoms with Gasteiger partial charge in [-0.3, -0.25) is 5.43 Å². The first-order valence-electron chi connectivity index (χ1n) is 8.19. The Morgan fingerprint density at radius 2 is 2.04 bits per heavy atom. The maximum absolute atomic E-state index is 12.5. The molecule has 0 saturated heterocycles. The molecule has 0 amide bonds. The standard InChI is InChI=1S/C20H15N5O2/c1-2-27-20(26)19-17(13-25-9-4-3-8-18(19)25)14-6-5-7-15(10-14)23-24-16(11-21)12-22/h3-10,13,23H,2H2,1H3. The van der Waals surface area contributed by atoms with Crippen LogP contribution in [0, 0.1) is 22.7 Å². The van der Waals surface area contributed by atoms with Crippen molar-refractivity contribution >= 4 is 22.9 Å². The molecule has 0 aliphatic rings. The van der Waals surface area contributed by atoms with Crippen molar-refractivity contribution in [2.75, 3.05) is 12.0 Å². The van der Waals surface area contributed by atoms with Crippen LogP contribution in [0.2, 0.25) is 0 Å². The van der Waals surface area contributed by atoms with Gasteiger partial charge in [-0.1, -0.05) is 18.2 Å². The van der Waals surface area contributed by atoms with Gasteiger partial charge in [-0.2, -0.15) is 15.6 Å². The van der Waals surface area contributed by atoms with E-state index < -0.39 is 5.97 Å². The maximum atomic E-state index is 12.5. The van der Waals surface area contributed by atoms with Gasteiger partial charge in [0.25, 0.3) is 0 Å². The van der Waals surface area contributed by atoms with Crippen LogP contribution in [-0.4, -0.2) is 22.7 Å². The van der Waals surface area contributed by atoms with Gasteiger partial charge in [0.1, 0.15) is 12.1 Å². The molecule has 7 nitrogen and oxygen atoms in total. The van der Waals surface area contributed by atoms with Crippen molar-refractivity contribution in [3.63, 3.8) is 0 Å². The fourth-order valence-corrected chi connectivity index (χ4v) is 2.71. The average Bonchev–Trinajstić information content (AvgIpc) is 3.09. The molecular weight excluding hydrogens is 342 g/mol. The number of carbonyl (C=O) groups is 1. The number of hydrogen-bond donors (Lipinski definition) is 1. The zero-order chi connectivity index (χ0) is 19.2. The number of rotatable bonds is 5. The van der Waals surface area contributed by atoms with Gasteiger partial charge in [-0.25, -0.2) is 4.79 Å². The lowest BCUT2D eigenvalue weighted by molar-refractivity contribution is 0.0529. The number of hydrazone groups is 1. The Balaban J connectivity index is 2.08. The lowest BCUT2D eigenvalue weighted by Gasteiger charge is -2.07. The van der Waals surface area contributed by atoms with Crippen molar-refractivity contribution in [2.45, 2.75) is 6.92 Å². The molecule has 2 heterocycles.